The minimum absolute atomic E-state index is 0.230. The molecule has 0 bridgehead atoms. The number of aldehydes is 3. The van der Waals surface area contributed by atoms with Gasteiger partial charge in [0.1, 0.15) is 18.9 Å². The maximum atomic E-state index is 10.6. The number of hydrogen-bond donors (Lipinski definition) is 0. The van der Waals surface area contributed by atoms with Gasteiger partial charge >= 0.3 is 0 Å². The molecule has 0 saturated heterocycles. The Bertz CT molecular complexity index is 270. The summed E-state index contributed by atoms with van der Waals surface area (Å²) in [7, 11) is 0. The van der Waals surface area contributed by atoms with E-state index in [4.69, 9.17) is 11.6 Å². The second-order valence-electron chi connectivity index (χ2n) is 2.98. The molecule has 13 heavy (non-hydrogen) atoms. The molecule has 0 heterocycles. The third-order valence-electron chi connectivity index (χ3n) is 2.24. The van der Waals surface area contributed by atoms with E-state index in [0.717, 1.165) is 0 Å². The fourth-order valence-corrected chi connectivity index (χ4v) is 1.79. The van der Waals surface area contributed by atoms with Crippen LogP contribution < -0.4 is 0 Å². The van der Waals surface area contributed by atoms with E-state index in [-0.39, 0.29) is 10.6 Å². The van der Waals surface area contributed by atoms with Crippen LogP contribution in [0, 0.1) is 11.8 Å². The zero-order chi connectivity index (χ0) is 9.84. The van der Waals surface area contributed by atoms with Crippen molar-refractivity contribution in [2.75, 3.05) is 0 Å². The van der Waals surface area contributed by atoms with Crippen molar-refractivity contribution in [3.05, 3.63) is 10.6 Å². The molecule has 4 heteroatoms. The number of rotatable bonds is 3. The number of halogens is 1. The fraction of sp³-hybridized carbons (Fsp3) is 0.444. The first-order chi connectivity index (χ1) is 6.24. The van der Waals surface area contributed by atoms with Crippen LogP contribution >= 0.6 is 11.6 Å². The molecule has 70 valence electrons. The van der Waals surface area contributed by atoms with Crippen LogP contribution in [-0.2, 0) is 14.4 Å². The Labute approximate surface area is 80.8 Å². The zero-order valence-corrected chi connectivity index (χ0v) is 7.66. The molecule has 0 saturated carbocycles. The van der Waals surface area contributed by atoms with Crippen molar-refractivity contribution in [2.45, 2.75) is 12.8 Å². The van der Waals surface area contributed by atoms with E-state index in [1.165, 1.54) is 0 Å². The summed E-state index contributed by atoms with van der Waals surface area (Å²) in [5.41, 5.74) is 0.264. The van der Waals surface area contributed by atoms with Gasteiger partial charge in [-0.1, -0.05) is 11.6 Å². The average molecular weight is 201 g/mol. The summed E-state index contributed by atoms with van der Waals surface area (Å²) < 4.78 is 0. The van der Waals surface area contributed by atoms with E-state index in [2.05, 4.69) is 0 Å². The summed E-state index contributed by atoms with van der Waals surface area (Å²) in [6, 6.07) is 0. The summed E-state index contributed by atoms with van der Waals surface area (Å²) in [6.07, 6.45) is 3.05. The van der Waals surface area contributed by atoms with Crippen molar-refractivity contribution in [1.29, 1.82) is 0 Å². The summed E-state index contributed by atoms with van der Waals surface area (Å²) in [5.74, 6) is -0.834. The number of carbonyl (C=O) groups is 3. The van der Waals surface area contributed by atoms with Crippen molar-refractivity contribution in [3.8, 4) is 0 Å². The highest BCUT2D eigenvalue weighted by Gasteiger charge is 2.27. The predicted molar refractivity (Wildman–Crippen MR) is 47.3 cm³/mol. The van der Waals surface area contributed by atoms with Crippen molar-refractivity contribution in [1.82, 2.24) is 0 Å². The van der Waals surface area contributed by atoms with Crippen LogP contribution in [0.3, 0.4) is 0 Å². The lowest BCUT2D eigenvalue weighted by Crippen LogP contribution is -2.20. The monoisotopic (exact) mass is 200 g/mol. The molecule has 3 nitrogen and oxygen atoms in total. The largest absolute Gasteiger partial charge is 0.303 e. The predicted octanol–water partition coefficient (Wildman–Crippen LogP) is 1.10. The molecule has 0 fully saturated rings. The van der Waals surface area contributed by atoms with Gasteiger partial charge in [0.05, 0.1) is 5.92 Å². The molecule has 1 aliphatic carbocycles. The molecule has 0 aromatic heterocycles. The summed E-state index contributed by atoms with van der Waals surface area (Å²) in [6.45, 7) is 0. The van der Waals surface area contributed by atoms with E-state index in [0.29, 0.717) is 31.7 Å². The number of carbonyl (C=O) groups excluding carboxylic acids is 3. The maximum absolute atomic E-state index is 10.6. The Hall–Kier alpha value is -0.960. The second kappa shape index (κ2) is 4.33. The van der Waals surface area contributed by atoms with Crippen molar-refractivity contribution >= 4 is 30.5 Å². The van der Waals surface area contributed by atoms with Gasteiger partial charge in [-0.25, -0.2) is 0 Å². The standard InChI is InChI=1S/C9H9ClO3/c10-9-7(4-12)2-1-6(3-11)8(9)5-13/h3-7H,1-2H2. The normalized spacial score (nSPS) is 28.4. The zero-order valence-electron chi connectivity index (χ0n) is 6.90. The van der Waals surface area contributed by atoms with Crippen molar-refractivity contribution in [2.24, 2.45) is 11.8 Å². The number of allylic oxidation sites excluding steroid dienone is 2. The first-order valence-electron chi connectivity index (χ1n) is 4.00. The molecule has 2 unspecified atom stereocenters. The molecular formula is C9H9ClO3. The van der Waals surface area contributed by atoms with Gasteiger partial charge in [0.15, 0.2) is 0 Å². The Morgan fingerprint density at radius 3 is 2.08 bits per heavy atom. The highest BCUT2D eigenvalue weighted by atomic mass is 35.5. The van der Waals surface area contributed by atoms with E-state index in [1.54, 1.807) is 0 Å². The summed E-state index contributed by atoms with van der Waals surface area (Å²) in [5, 5.41) is 0.230. The van der Waals surface area contributed by atoms with Gasteiger partial charge in [0.25, 0.3) is 0 Å². The van der Waals surface area contributed by atoms with E-state index >= 15 is 0 Å². The minimum Gasteiger partial charge on any atom is -0.303 e. The van der Waals surface area contributed by atoms with Gasteiger partial charge in [-0.05, 0) is 12.8 Å². The Balaban J connectivity index is 3.03. The van der Waals surface area contributed by atoms with Crippen molar-refractivity contribution < 1.29 is 14.4 Å². The van der Waals surface area contributed by atoms with E-state index in [9.17, 15) is 14.4 Å². The maximum Gasteiger partial charge on any atom is 0.147 e. The molecule has 2 atom stereocenters. The summed E-state index contributed by atoms with van der Waals surface area (Å²) >= 11 is 5.78. The van der Waals surface area contributed by atoms with Crippen LogP contribution in [-0.4, -0.2) is 18.9 Å². The van der Waals surface area contributed by atoms with Crippen LogP contribution in [0.15, 0.2) is 10.6 Å². The number of hydrogen-bond acceptors (Lipinski definition) is 3. The van der Waals surface area contributed by atoms with Crippen LogP contribution in [0.1, 0.15) is 12.8 Å². The molecule has 0 N–H and O–H groups in total. The fourth-order valence-electron chi connectivity index (χ4n) is 1.45. The topological polar surface area (TPSA) is 51.2 Å². The lowest BCUT2D eigenvalue weighted by Gasteiger charge is -2.22. The Morgan fingerprint density at radius 1 is 1.08 bits per heavy atom. The van der Waals surface area contributed by atoms with E-state index in [1.807, 2.05) is 0 Å². The van der Waals surface area contributed by atoms with Crippen molar-refractivity contribution in [3.63, 3.8) is 0 Å². The minimum atomic E-state index is -0.429. The van der Waals surface area contributed by atoms with Gasteiger partial charge in [0.2, 0.25) is 0 Å². The molecule has 0 aliphatic heterocycles. The molecule has 1 rings (SSSR count). The molecule has 0 aromatic carbocycles. The van der Waals surface area contributed by atoms with E-state index < -0.39 is 11.8 Å². The van der Waals surface area contributed by atoms with Gasteiger partial charge in [-0.3, -0.25) is 4.79 Å². The molecular weight excluding hydrogens is 192 g/mol. The summed E-state index contributed by atoms with van der Waals surface area (Å²) in [4.78, 5) is 31.6. The Morgan fingerprint density at radius 2 is 1.62 bits per heavy atom. The van der Waals surface area contributed by atoms with Crippen LogP contribution in [0.4, 0.5) is 0 Å². The van der Waals surface area contributed by atoms with Crippen LogP contribution in [0.2, 0.25) is 0 Å². The highest BCUT2D eigenvalue weighted by molar-refractivity contribution is 6.32. The molecule has 1 aliphatic rings. The van der Waals surface area contributed by atoms with Gasteiger partial charge in [-0.15, -0.1) is 0 Å². The highest BCUT2D eigenvalue weighted by Crippen LogP contribution is 2.33. The smallest absolute Gasteiger partial charge is 0.147 e. The van der Waals surface area contributed by atoms with Crippen LogP contribution in [0.25, 0.3) is 0 Å². The van der Waals surface area contributed by atoms with Gasteiger partial charge in [0, 0.05) is 16.5 Å². The lowest BCUT2D eigenvalue weighted by atomic mass is 9.84. The van der Waals surface area contributed by atoms with Gasteiger partial charge in [-0.2, -0.15) is 0 Å². The average Bonchev–Trinajstić information content (AvgIpc) is 2.17. The molecule has 0 amide bonds. The molecule has 0 aromatic rings. The van der Waals surface area contributed by atoms with Gasteiger partial charge < -0.3 is 9.59 Å². The molecule has 0 spiro atoms. The second-order valence-corrected chi connectivity index (χ2v) is 3.39. The first kappa shape index (κ1) is 10.1. The van der Waals surface area contributed by atoms with Crippen LogP contribution in [0.5, 0.6) is 0 Å². The molecule has 0 radical (unpaired) electrons. The third-order valence-corrected chi connectivity index (χ3v) is 2.74. The quantitative estimate of drug-likeness (QED) is 0.641. The Kier molecular flexibility index (Phi) is 3.37. The lowest BCUT2D eigenvalue weighted by molar-refractivity contribution is -0.114. The third kappa shape index (κ3) is 1.86. The SMILES string of the molecule is O=CC1=C(Cl)C(C=O)CCC1C=O. The first-order valence-corrected chi connectivity index (χ1v) is 4.37.